The van der Waals surface area contributed by atoms with Crippen molar-refractivity contribution < 1.29 is 41.3 Å². The van der Waals surface area contributed by atoms with Crippen molar-refractivity contribution in [3.05, 3.63) is 58.6 Å². The number of allylic oxidation sites excluding steroid dienone is 3. The van der Waals surface area contributed by atoms with Crippen LogP contribution < -0.4 is 5.32 Å². The number of carbonyl (C=O) groups is 1. The van der Waals surface area contributed by atoms with Gasteiger partial charge in [-0.1, -0.05) is 23.8 Å². The van der Waals surface area contributed by atoms with Crippen LogP contribution in [0.2, 0.25) is 0 Å². The number of alkyl halides is 3. The lowest BCUT2D eigenvalue weighted by Crippen LogP contribution is -2.61. The van der Waals surface area contributed by atoms with Crippen LogP contribution in [-0.4, -0.2) is 49.0 Å². The molecule has 1 amide bonds. The number of aryl methyl sites for hydroxylation is 2. The summed E-state index contributed by atoms with van der Waals surface area (Å²) < 4.78 is 78.5. The number of hydrogen-bond donors (Lipinski definition) is 1. The highest BCUT2D eigenvalue weighted by Gasteiger charge is 2.44. The number of amides is 1. The first-order valence-electron chi connectivity index (χ1n) is 13.6. The fraction of sp³-hybridized carbons (Fsp3) is 0.633. The van der Waals surface area contributed by atoms with Gasteiger partial charge < -0.3 is 24.3 Å². The Labute approximate surface area is 234 Å². The molecule has 1 aliphatic carbocycles. The van der Waals surface area contributed by atoms with Gasteiger partial charge in [0.15, 0.2) is 5.79 Å². The maximum Gasteiger partial charge on any atom is 0.416 e. The van der Waals surface area contributed by atoms with Crippen LogP contribution in [0.25, 0.3) is 0 Å². The third kappa shape index (κ3) is 9.51. The molecule has 1 aromatic carbocycles. The molecule has 0 radical (unpaired) electrons. The van der Waals surface area contributed by atoms with Gasteiger partial charge in [-0.2, -0.15) is 13.2 Å². The van der Waals surface area contributed by atoms with E-state index in [1.54, 1.807) is 52.8 Å². The second kappa shape index (κ2) is 12.5. The van der Waals surface area contributed by atoms with Crippen molar-refractivity contribution in [2.24, 2.45) is 5.92 Å². The molecule has 1 N–H and O–H groups in total. The molecule has 0 aromatic heterocycles. The molecule has 1 fully saturated rings. The zero-order valence-corrected chi connectivity index (χ0v) is 24.2. The average Bonchev–Trinajstić information content (AvgIpc) is 2.83. The van der Waals surface area contributed by atoms with Crippen molar-refractivity contribution in [1.82, 2.24) is 5.32 Å². The fourth-order valence-electron chi connectivity index (χ4n) is 4.65. The number of ether oxygens (including phenoxy) is 4. The number of alkyl carbamates (subject to hydrolysis) is 1. The molecule has 1 unspecified atom stereocenters. The zero-order chi connectivity index (χ0) is 29.8. The predicted octanol–water partition coefficient (Wildman–Crippen LogP) is 7.30. The lowest BCUT2D eigenvalue weighted by atomic mass is 9.84. The third-order valence-corrected chi connectivity index (χ3v) is 6.83. The lowest BCUT2D eigenvalue weighted by molar-refractivity contribution is -0.271. The minimum absolute atomic E-state index is 0.0324. The molecule has 224 valence electrons. The minimum Gasteiger partial charge on any atom is -0.493 e. The van der Waals surface area contributed by atoms with Crippen molar-refractivity contribution in [1.29, 1.82) is 0 Å². The molecule has 1 heterocycles. The van der Waals surface area contributed by atoms with E-state index in [9.17, 15) is 22.4 Å². The van der Waals surface area contributed by atoms with E-state index in [1.807, 2.05) is 6.92 Å². The number of halogens is 4. The number of rotatable bonds is 9. The number of carbonyl (C=O) groups excluding carboxylic acids is 1. The minimum atomic E-state index is -4.56. The van der Waals surface area contributed by atoms with Crippen LogP contribution in [0, 0.1) is 18.7 Å². The van der Waals surface area contributed by atoms with Crippen molar-refractivity contribution in [2.45, 2.75) is 96.7 Å². The molecule has 1 saturated heterocycles. The first-order chi connectivity index (χ1) is 18.5. The molecule has 2 aliphatic rings. The van der Waals surface area contributed by atoms with Crippen LogP contribution >= 0.6 is 0 Å². The topological polar surface area (TPSA) is 66.0 Å². The number of hydrogen-bond acceptors (Lipinski definition) is 5. The number of nitrogens with one attached hydrogen (secondary N) is 1. The Morgan fingerprint density at radius 1 is 1.15 bits per heavy atom. The molecule has 0 saturated carbocycles. The van der Waals surface area contributed by atoms with Crippen LogP contribution in [0.15, 0.2) is 41.7 Å². The van der Waals surface area contributed by atoms with E-state index < -0.39 is 40.7 Å². The summed E-state index contributed by atoms with van der Waals surface area (Å²) in [5.41, 5.74) is -0.965. The molecule has 0 spiro atoms. The van der Waals surface area contributed by atoms with Gasteiger partial charge >= 0.3 is 12.3 Å². The SMILES string of the molecule is Cc1ccc(F)c(CCCOC2=C(C(F)(F)F)CC(CCC3(NC(=O)OC(C)(C)C)COC(C)(C)OC3)C=C2)c1. The van der Waals surface area contributed by atoms with Gasteiger partial charge in [-0.15, -0.1) is 0 Å². The summed E-state index contributed by atoms with van der Waals surface area (Å²) in [4.78, 5) is 12.6. The van der Waals surface area contributed by atoms with Crippen molar-refractivity contribution in [3.63, 3.8) is 0 Å². The van der Waals surface area contributed by atoms with Gasteiger partial charge in [0.25, 0.3) is 0 Å². The van der Waals surface area contributed by atoms with Gasteiger partial charge in [0, 0.05) is 0 Å². The Hall–Kier alpha value is -2.59. The summed E-state index contributed by atoms with van der Waals surface area (Å²) >= 11 is 0. The smallest absolute Gasteiger partial charge is 0.416 e. The van der Waals surface area contributed by atoms with E-state index in [1.165, 1.54) is 12.1 Å². The molecule has 1 aliphatic heterocycles. The largest absolute Gasteiger partial charge is 0.493 e. The highest BCUT2D eigenvalue weighted by atomic mass is 19.4. The summed E-state index contributed by atoms with van der Waals surface area (Å²) in [5.74, 6) is -1.82. The molecular weight excluding hydrogens is 530 g/mol. The van der Waals surface area contributed by atoms with Crippen LogP contribution in [0.5, 0.6) is 0 Å². The quantitative estimate of drug-likeness (QED) is 0.249. The summed E-state index contributed by atoms with van der Waals surface area (Å²) in [6, 6.07) is 4.79. The molecule has 1 atom stereocenters. The van der Waals surface area contributed by atoms with Gasteiger partial charge in [-0.05, 0) is 97.3 Å². The Bertz CT molecular complexity index is 1090. The van der Waals surface area contributed by atoms with E-state index in [0.717, 1.165) is 5.56 Å². The van der Waals surface area contributed by atoms with Crippen LogP contribution in [0.4, 0.5) is 22.4 Å². The molecule has 1 aromatic rings. The zero-order valence-electron chi connectivity index (χ0n) is 24.2. The molecular formula is C30H41F4NO5. The monoisotopic (exact) mass is 571 g/mol. The van der Waals surface area contributed by atoms with E-state index in [-0.39, 0.29) is 37.8 Å². The van der Waals surface area contributed by atoms with E-state index in [0.29, 0.717) is 31.2 Å². The summed E-state index contributed by atoms with van der Waals surface area (Å²) in [7, 11) is 0. The fourth-order valence-corrected chi connectivity index (χ4v) is 4.65. The normalized spacial score (nSPS) is 20.8. The third-order valence-electron chi connectivity index (χ3n) is 6.83. The Morgan fingerprint density at radius 2 is 1.82 bits per heavy atom. The maximum absolute atomic E-state index is 14.0. The predicted molar refractivity (Wildman–Crippen MR) is 143 cm³/mol. The van der Waals surface area contributed by atoms with Crippen LogP contribution in [0.3, 0.4) is 0 Å². The highest BCUT2D eigenvalue weighted by molar-refractivity contribution is 5.69. The first kappa shape index (κ1) is 31.9. The molecule has 3 rings (SSSR count). The van der Waals surface area contributed by atoms with Crippen molar-refractivity contribution in [3.8, 4) is 0 Å². The summed E-state index contributed by atoms with van der Waals surface area (Å²) in [5, 5.41) is 2.85. The second-order valence-electron chi connectivity index (χ2n) is 12.1. The lowest BCUT2D eigenvalue weighted by Gasteiger charge is -2.44. The van der Waals surface area contributed by atoms with Gasteiger partial charge in [0.2, 0.25) is 0 Å². The molecule has 40 heavy (non-hydrogen) atoms. The molecule has 6 nitrogen and oxygen atoms in total. The van der Waals surface area contributed by atoms with Crippen molar-refractivity contribution >= 4 is 6.09 Å². The molecule has 0 bridgehead atoms. The average molecular weight is 572 g/mol. The maximum atomic E-state index is 14.0. The van der Waals surface area contributed by atoms with Gasteiger partial charge in [-0.3, -0.25) is 0 Å². The standard InChI is InChI=1S/C30H41F4NO5/c1-20-9-11-24(31)22(16-20)8-7-15-37-25-12-10-21(17-23(25)30(32,33)34)13-14-29(18-38-28(5,6)39-19-29)35-26(36)40-27(2,3)4/h9-12,16,21H,7-8,13-15,17-19H2,1-6H3,(H,35,36). The van der Waals surface area contributed by atoms with Crippen LogP contribution in [0.1, 0.15) is 71.4 Å². The second-order valence-corrected chi connectivity index (χ2v) is 12.1. The summed E-state index contributed by atoms with van der Waals surface area (Å²) in [6.45, 7) is 10.9. The highest BCUT2D eigenvalue weighted by Crippen LogP contribution is 2.39. The first-order valence-corrected chi connectivity index (χ1v) is 13.6. The Morgan fingerprint density at radius 3 is 2.45 bits per heavy atom. The van der Waals surface area contributed by atoms with Gasteiger partial charge in [0.05, 0.1) is 30.9 Å². The van der Waals surface area contributed by atoms with Crippen molar-refractivity contribution in [2.75, 3.05) is 19.8 Å². The Balaban J connectivity index is 1.62. The van der Waals surface area contributed by atoms with E-state index >= 15 is 0 Å². The summed E-state index contributed by atoms with van der Waals surface area (Å²) in [6.07, 6.45) is -0.971. The molecule has 10 heteroatoms. The van der Waals surface area contributed by atoms with E-state index in [2.05, 4.69) is 5.32 Å². The van der Waals surface area contributed by atoms with Gasteiger partial charge in [0.1, 0.15) is 17.2 Å². The Kier molecular flexibility index (Phi) is 9.99. The van der Waals surface area contributed by atoms with Crippen LogP contribution in [-0.2, 0) is 25.4 Å². The van der Waals surface area contributed by atoms with E-state index in [4.69, 9.17) is 18.9 Å². The number of benzene rings is 1. The van der Waals surface area contributed by atoms with Gasteiger partial charge in [-0.25, -0.2) is 9.18 Å².